The first-order chi connectivity index (χ1) is 11.6. The molecule has 0 saturated carbocycles. The third kappa shape index (κ3) is 4.01. The van der Waals surface area contributed by atoms with E-state index in [0.29, 0.717) is 6.61 Å². The first-order valence-electron chi connectivity index (χ1n) is 8.06. The summed E-state index contributed by atoms with van der Waals surface area (Å²) in [6, 6.07) is 1.98. The van der Waals surface area contributed by atoms with Crippen LogP contribution in [-0.4, -0.2) is 57.9 Å². The van der Waals surface area contributed by atoms with Gasteiger partial charge in [0.15, 0.2) is 0 Å². The number of fused-ring (bicyclic) bond motifs is 1. The molecule has 2 aromatic heterocycles. The van der Waals surface area contributed by atoms with Crippen molar-refractivity contribution in [3.63, 3.8) is 0 Å². The average molecular weight is 333 g/mol. The van der Waals surface area contributed by atoms with Crippen LogP contribution in [0, 0.1) is 0 Å². The number of furan rings is 1. The highest BCUT2D eigenvalue weighted by molar-refractivity contribution is 5.76. The summed E-state index contributed by atoms with van der Waals surface area (Å²) in [5.74, 6) is -0.0603. The molecule has 3 rings (SSSR count). The molecule has 0 aliphatic carbocycles. The Morgan fingerprint density at radius 3 is 3.04 bits per heavy atom. The smallest absolute Gasteiger partial charge is 0.248 e. The Bertz CT molecular complexity index is 665. The van der Waals surface area contributed by atoms with Crippen molar-refractivity contribution in [2.45, 2.75) is 32.7 Å². The molecule has 24 heavy (non-hydrogen) atoms. The number of aromatic nitrogens is 3. The summed E-state index contributed by atoms with van der Waals surface area (Å²) in [5.41, 5.74) is 3.03. The van der Waals surface area contributed by atoms with Crippen LogP contribution in [0.25, 0.3) is 0 Å². The van der Waals surface area contributed by atoms with Crippen molar-refractivity contribution >= 4 is 5.91 Å². The Hall–Kier alpha value is -2.19. The molecule has 1 aliphatic rings. The normalized spacial score (nSPS) is 15.1. The molecule has 0 aromatic carbocycles. The van der Waals surface area contributed by atoms with E-state index >= 15 is 0 Å². The van der Waals surface area contributed by atoms with Crippen molar-refractivity contribution in [1.82, 2.24) is 24.8 Å². The lowest BCUT2D eigenvalue weighted by Gasteiger charge is -2.18. The molecule has 0 saturated heterocycles. The van der Waals surface area contributed by atoms with Crippen LogP contribution in [0.2, 0.25) is 0 Å². The summed E-state index contributed by atoms with van der Waals surface area (Å²) >= 11 is 0. The fourth-order valence-corrected chi connectivity index (χ4v) is 2.71. The number of aryl methyl sites for hydroxylation is 1. The van der Waals surface area contributed by atoms with E-state index in [1.165, 1.54) is 4.90 Å². The minimum atomic E-state index is -0.0603. The maximum absolute atomic E-state index is 11.6. The summed E-state index contributed by atoms with van der Waals surface area (Å²) < 4.78 is 12.6. The summed E-state index contributed by atoms with van der Waals surface area (Å²) in [6.45, 7) is 3.79. The second-order valence-electron chi connectivity index (χ2n) is 6.18. The molecule has 8 heteroatoms. The number of amides is 1. The number of hydrogen-bond donors (Lipinski definition) is 0. The SMILES string of the molecule is CN(C)C(=O)COCc1nnn2c1CN(Cc1ccoc1)CCC2. The molecule has 2 aromatic rings. The van der Waals surface area contributed by atoms with Gasteiger partial charge in [-0.15, -0.1) is 5.10 Å². The molecule has 3 heterocycles. The zero-order valence-corrected chi connectivity index (χ0v) is 14.1. The molecule has 8 nitrogen and oxygen atoms in total. The van der Waals surface area contributed by atoms with Gasteiger partial charge >= 0.3 is 0 Å². The van der Waals surface area contributed by atoms with Gasteiger partial charge in [-0.2, -0.15) is 0 Å². The van der Waals surface area contributed by atoms with Crippen molar-refractivity contribution in [1.29, 1.82) is 0 Å². The zero-order chi connectivity index (χ0) is 16.9. The molecule has 0 fully saturated rings. The number of nitrogens with zero attached hydrogens (tertiary/aromatic N) is 5. The largest absolute Gasteiger partial charge is 0.472 e. The first kappa shape index (κ1) is 16.7. The summed E-state index contributed by atoms with van der Waals surface area (Å²) in [7, 11) is 3.42. The molecule has 1 aliphatic heterocycles. The lowest BCUT2D eigenvalue weighted by atomic mass is 10.2. The van der Waals surface area contributed by atoms with E-state index in [4.69, 9.17) is 9.15 Å². The summed E-state index contributed by atoms with van der Waals surface area (Å²) in [4.78, 5) is 15.4. The Kier molecular flexibility index (Phi) is 5.27. The first-order valence-corrected chi connectivity index (χ1v) is 8.06. The number of hydrogen-bond acceptors (Lipinski definition) is 6. The van der Waals surface area contributed by atoms with Gasteiger partial charge in [0.25, 0.3) is 0 Å². The molecule has 0 N–H and O–H groups in total. The van der Waals surface area contributed by atoms with Crippen molar-refractivity contribution < 1.29 is 13.9 Å². The number of likely N-dealkylation sites (N-methyl/N-ethyl adjacent to an activating group) is 1. The predicted molar refractivity (Wildman–Crippen MR) is 85.8 cm³/mol. The molecule has 1 amide bonds. The highest BCUT2D eigenvalue weighted by Gasteiger charge is 2.20. The van der Waals surface area contributed by atoms with Gasteiger partial charge in [0, 0.05) is 45.8 Å². The summed E-state index contributed by atoms with van der Waals surface area (Å²) in [6.07, 6.45) is 4.49. The van der Waals surface area contributed by atoms with E-state index in [1.807, 2.05) is 10.7 Å². The Balaban J connectivity index is 1.62. The fraction of sp³-hybridized carbons (Fsp3) is 0.562. The van der Waals surface area contributed by atoms with Crippen LogP contribution < -0.4 is 0 Å². The molecular weight excluding hydrogens is 310 g/mol. The van der Waals surface area contributed by atoms with E-state index in [-0.39, 0.29) is 12.5 Å². The average Bonchev–Trinajstić information content (AvgIpc) is 3.14. The van der Waals surface area contributed by atoms with Crippen LogP contribution in [0.1, 0.15) is 23.4 Å². The van der Waals surface area contributed by atoms with Crippen LogP contribution >= 0.6 is 0 Å². The van der Waals surface area contributed by atoms with Gasteiger partial charge in [-0.25, -0.2) is 4.68 Å². The number of rotatable bonds is 6. The van der Waals surface area contributed by atoms with E-state index in [1.54, 1.807) is 26.6 Å². The highest BCUT2D eigenvalue weighted by Crippen LogP contribution is 2.17. The van der Waals surface area contributed by atoms with Gasteiger partial charge in [0.05, 0.1) is 24.8 Å². The quantitative estimate of drug-likeness (QED) is 0.781. The van der Waals surface area contributed by atoms with Gasteiger partial charge < -0.3 is 14.1 Å². The van der Waals surface area contributed by atoms with Crippen LogP contribution in [0.15, 0.2) is 23.0 Å². The van der Waals surface area contributed by atoms with Gasteiger partial charge in [0.2, 0.25) is 5.91 Å². The standard InChI is InChI=1S/C16H23N5O3/c1-19(2)16(22)12-24-11-14-15-9-20(8-13-4-7-23-10-13)5-3-6-21(15)18-17-14/h4,7,10H,3,5-6,8-9,11-12H2,1-2H3. The van der Waals surface area contributed by atoms with Gasteiger partial charge in [-0.3, -0.25) is 9.69 Å². The molecular formula is C16H23N5O3. The third-order valence-corrected chi connectivity index (χ3v) is 4.09. The van der Waals surface area contributed by atoms with Crippen molar-refractivity contribution in [2.75, 3.05) is 27.2 Å². The molecule has 0 atom stereocenters. The summed E-state index contributed by atoms with van der Waals surface area (Å²) in [5, 5.41) is 8.46. The zero-order valence-electron chi connectivity index (χ0n) is 14.1. The number of carbonyl (C=O) groups is 1. The van der Waals surface area contributed by atoms with E-state index in [2.05, 4.69) is 15.2 Å². The number of ether oxygens (including phenoxy) is 1. The fourth-order valence-electron chi connectivity index (χ4n) is 2.71. The lowest BCUT2D eigenvalue weighted by molar-refractivity contribution is -0.134. The molecule has 0 radical (unpaired) electrons. The molecule has 0 bridgehead atoms. The third-order valence-electron chi connectivity index (χ3n) is 4.09. The minimum absolute atomic E-state index is 0.0536. The van der Waals surface area contributed by atoms with Gasteiger partial charge in [0.1, 0.15) is 12.3 Å². The maximum atomic E-state index is 11.6. The van der Waals surface area contributed by atoms with Crippen molar-refractivity contribution in [3.8, 4) is 0 Å². The highest BCUT2D eigenvalue weighted by atomic mass is 16.5. The van der Waals surface area contributed by atoms with Crippen LogP contribution in [0.5, 0.6) is 0 Å². The van der Waals surface area contributed by atoms with Gasteiger partial charge in [-0.05, 0) is 12.5 Å². The molecule has 130 valence electrons. The minimum Gasteiger partial charge on any atom is -0.472 e. The molecule has 0 unspecified atom stereocenters. The number of carbonyl (C=O) groups excluding carboxylic acids is 1. The second kappa shape index (κ2) is 7.59. The Morgan fingerprint density at radius 2 is 2.29 bits per heavy atom. The van der Waals surface area contributed by atoms with Gasteiger partial charge in [-0.1, -0.05) is 5.21 Å². The Labute approximate surface area is 141 Å². The van der Waals surface area contributed by atoms with Crippen molar-refractivity contribution in [3.05, 3.63) is 35.5 Å². The second-order valence-corrected chi connectivity index (χ2v) is 6.18. The van der Waals surface area contributed by atoms with E-state index < -0.39 is 0 Å². The van der Waals surface area contributed by atoms with E-state index in [9.17, 15) is 4.79 Å². The van der Waals surface area contributed by atoms with Crippen LogP contribution in [0.4, 0.5) is 0 Å². The van der Waals surface area contributed by atoms with Crippen LogP contribution in [0.3, 0.4) is 0 Å². The van der Waals surface area contributed by atoms with Crippen LogP contribution in [-0.2, 0) is 35.8 Å². The topological polar surface area (TPSA) is 76.6 Å². The predicted octanol–water partition coefficient (Wildman–Crippen LogP) is 0.882. The molecule has 0 spiro atoms. The van der Waals surface area contributed by atoms with E-state index in [0.717, 1.165) is 49.6 Å². The van der Waals surface area contributed by atoms with Crippen molar-refractivity contribution in [2.24, 2.45) is 0 Å². The Morgan fingerprint density at radius 1 is 1.42 bits per heavy atom. The maximum Gasteiger partial charge on any atom is 0.248 e. The lowest BCUT2D eigenvalue weighted by Crippen LogP contribution is -2.26. The monoisotopic (exact) mass is 333 g/mol.